The Hall–Kier alpha value is -3.73. The van der Waals surface area contributed by atoms with E-state index < -0.39 is 5.82 Å². The van der Waals surface area contributed by atoms with Gasteiger partial charge >= 0.3 is 0 Å². The third-order valence-corrected chi connectivity index (χ3v) is 6.77. The normalized spacial score (nSPS) is 23.7. The first-order valence-electron chi connectivity index (χ1n) is 12.4. The highest BCUT2D eigenvalue weighted by Crippen LogP contribution is 2.44. The van der Waals surface area contributed by atoms with E-state index >= 15 is 0 Å². The molecule has 3 aliphatic rings. The summed E-state index contributed by atoms with van der Waals surface area (Å²) in [6, 6.07) is 5.38. The minimum Gasteiger partial charge on any atom is -0.494 e. The molecule has 2 aliphatic carbocycles. The van der Waals surface area contributed by atoms with E-state index in [2.05, 4.69) is 26.7 Å². The highest BCUT2D eigenvalue weighted by Gasteiger charge is 2.47. The monoisotopic (exact) mass is 512 g/mol. The van der Waals surface area contributed by atoms with E-state index in [0.29, 0.717) is 19.8 Å². The van der Waals surface area contributed by atoms with Crippen LogP contribution in [0, 0.1) is 30.5 Å². The topological polar surface area (TPSA) is 132 Å². The van der Waals surface area contributed by atoms with Gasteiger partial charge in [-0.3, -0.25) is 9.59 Å². The number of halogens is 1. The van der Waals surface area contributed by atoms with E-state index in [9.17, 15) is 14.0 Å². The average Bonchev–Trinajstić information content (AvgIpc) is 3.51. The lowest BCUT2D eigenvalue weighted by molar-refractivity contribution is -0.123. The summed E-state index contributed by atoms with van der Waals surface area (Å²) in [5.74, 6) is -0.0418. The van der Waals surface area contributed by atoms with Crippen LogP contribution >= 0.6 is 0 Å². The molecule has 198 valence electrons. The van der Waals surface area contributed by atoms with Crippen LogP contribution in [0.2, 0.25) is 0 Å². The van der Waals surface area contributed by atoms with Crippen LogP contribution in [-0.2, 0) is 14.3 Å². The molecule has 5 rings (SSSR count). The van der Waals surface area contributed by atoms with Crippen LogP contribution in [0.4, 0.5) is 21.8 Å². The van der Waals surface area contributed by atoms with Crippen molar-refractivity contribution in [3.05, 3.63) is 47.9 Å². The van der Waals surface area contributed by atoms with Crippen molar-refractivity contribution < 1.29 is 23.5 Å². The van der Waals surface area contributed by atoms with Crippen LogP contribution in [0.3, 0.4) is 0 Å². The summed E-state index contributed by atoms with van der Waals surface area (Å²) in [6.45, 7) is 7.34. The summed E-state index contributed by atoms with van der Waals surface area (Å²) in [7, 11) is 0. The van der Waals surface area contributed by atoms with Crippen molar-refractivity contribution in [3.63, 3.8) is 0 Å². The molecule has 0 spiro atoms. The van der Waals surface area contributed by atoms with Gasteiger partial charge in [-0.25, -0.2) is 9.37 Å². The lowest BCUT2D eigenvalue weighted by Crippen LogP contribution is -2.41. The molecule has 2 aromatic rings. The Balaban J connectivity index is 0.000000342. The van der Waals surface area contributed by atoms with Crippen molar-refractivity contribution >= 4 is 29.8 Å². The Morgan fingerprint density at radius 3 is 2.73 bits per heavy atom. The highest BCUT2D eigenvalue weighted by molar-refractivity contribution is 5.79. The molecule has 2 fully saturated rings. The summed E-state index contributed by atoms with van der Waals surface area (Å²) >= 11 is 0. The van der Waals surface area contributed by atoms with Gasteiger partial charge in [0.1, 0.15) is 5.75 Å². The number of allylic oxidation sites excluding steroid dienone is 1. The third kappa shape index (κ3) is 6.34. The summed E-state index contributed by atoms with van der Waals surface area (Å²) in [4.78, 5) is 31.9. The summed E-state index contributed by atoms with van der Waals surface area (Å²) in [5.41, 5.74) is 7.33. The molecule has 4 unspecified atom stereocenters. The third-order valence-electron chi connectivity index (χ3n) is 6.77. The fourth-order valence-corrected chi connectivity index (χ4v) is 4.89. The van der Waals surface area contributed by atoms with Crippen molar-refractivity contribution in [2.24, 2.45) is 23.5 Å². The quantitative estimate of drug-likeness (QED) is 0.363. The number of aromatic nitrogens is 2. The van der Waals surface area contributed by atoms with E-state index in [1.54, 1.807) is 4.90 Å². The van der Waals surface area contributed by atoms with Gasteiger partial charge in [-0.1, -0.05) is 18.2 Å². The van der Waals surface area contributed by atoms with Gasteiger partial charge in [-0.2, -0.15) is 4.98 Å². The zero-order valence-corrected chi connectivity index (χ0v) is 21.0. The van der Waals surface area contributed by atoms with Gasteiger partial charge < -0.3 is 30.7 Å². The molecular formula is C26H33FN6O4. The first kappa shape index (κ1) is 26.3. The molecule has 0 radical (unpaired) electrons. The number of ether oxygens (including phenoxy) is 2. The molecular weight excluding hydrogens is 479 g/mol. The van der Waals surface area contributed by atoms with Gasteiger partial charge in [0.05, 0.1) is 31.9 Å². The van der Waals surface area contributed by atoms with Gasteiger partial charge in [0.15, 0.2) is 11.6 Å². The van der Waals surface area contributed by atoms with Crippen LogP contribution in [0.15, 0.2) is 36.5 Å². The number of carbonyl (C=O) groups is 2. The second-order valence-electron chi connectivity index (χ2n) is 9.23. The maximum atomic E-state index is 14.4. The predicted molar refractivity (Wildman–Crippen MR) is 137 cm³/mol. The molecule has 1 aliphatic heterocycles. The Bertz CT molecular complexity index is 1140. The average molecular weight is 513 g/mol. The Morgan fingerprint density at radius 2 is 2.05 bits per heavy atom. The molecule has 1 saturated heterocycles. The molecule has 37 heavy (non-hydrogen) atoms. The SMILES string of the molecule is CCOc1cc(Nc2ncc(F)c(NC3C4C=CC(C4)C3C(N)=O)n2)ccc1C.O=CN1CCOCC1. The minimum absolute atomic E-state index is 0.0526. The van der Waals surface area contributed by atoms with Crippen molar-refractivity contribution in [1.82, 2.24) is 14.9 Å². The van der Waals surface area contributed by atoms with Gasteiger partial charge in [-0.15, -0.1) is 0 Å². The predicted octanol–water partition coefficient (Wildman–Crippen LogP) is 2.63. The summed E-state index contributed by atoms with van der Waals surface area (Å²) < 4.78 is 25.0. The van der Waals surface area contributed by atoms with Crippen molar-refractivity contribution in [1.29, 1.82) is 0 Å². The first-order valence-corrected chi connectivity index (χ1v) is 12.4. The number of nitrogens with zero attached hydrogens (tertiary/aromatic N) is 3. The zero-order valence-electron chi connectivity index (χ0n) is 21.0. The number of primary amides is 1. The minimum atomic E-state index is -0.579. The van der Waals surface area contributed by atoms with Crippen LogP contribution < -0.4 is 21.1 Å². The van der Waals surface area contributed by atoms with E-state index in [0.717, 1.165) is 49.1 Å². The van der Waals surface area contributed by atoms with Crippen LogP contribution in [0.25, 0.3) is 0 Å². The molecule has 2 bridgehead atoms. The van der Waals surface area contributed by atoms with E-state index in [4.69, 9.17) is 15.2 Å². The number of hydrogen-bond acceptors (Lipinski definition) is 8. The fourth-order valence-electron chi connectivity index (χ4n) is 4.89. The van der Waals surface area contributed by atoms with Crippen LogP contribution in [0.1, 0.15) is 18.9 Å². The molecule has 1 aromatic carbocycles. The number of anilines is 3. The molecule has 2 amide bonds. The maximum absolute atomic E-state index is 14.4. The summed E-state index contributed by atoms with van der Waals surface area (Å²) in [5, 5.41) is 6.17. The molecule has 4 N–H and O–H groups in total. The maximum Gasteiger partial charge on any atom is 0.229 e. The molecule has 1 aromatic heterocycles. The fraction of sp³-hybridized carbons (Fsp3) is 0.462. The van der Waals surface area contributed by atoms with E-state index in [-0.39, 0.29) is 41.5 Å². The van der Waals surface area contributed by atoms with Gasteiger partial charge in [-0.05, 0) is 43.7 Å². The highest BCUT2D eigenvalue weighted by atomic mass is 19.1. The Labute approximate surface area is 215 Å². The number of nitrogens with two attached hydrogens (primary N) is 1. The number of aryl methyl sites for hydroxylation is 1. The lowest BCUT2D eigenvalue weighted by atomic mass is 9.88. The lowest BCUT2D eigenvalue weighted by Gasteiger charge is -2.27. The standard InChI is InChI=1S/C21H24FN5O2.C5H9NO2/c1-3-29-16-9-14(7-4-11(16)2)25-21-24-10-15(22)20(27-21)26-18-13-6-5-12(8-13)17(18)19(23)28;7-5-6-1-3-8-4-2-6/h4-7,9-10,12-13,17-18H,3,8H2,1-2H3,(H2,23,28)(H2,24,25,26,27);5H,1-4H2. The van der Waals surface area contributed by atoms with Crippen molar-refractivity contribution in [2.75, 3.05) is 43.5 Å². The number of amides is 2. The number of nitrogens with one attached hydrogen (secondary N) is 2. The van der Waals surface area contributed by atoms with Gasteiger partial charge in [0.25, 0.3) is 0 Å². The Kier molecular flexibility index (Phi) is 8.54. The summed E-state index contributed by atoms with van der Waals surface area (Å²) in [6.07, 6.45) is 6.89. The Morgan fingerprint density at radius 1 is 1.30 bits per heavy atom. The number of rotatable bonds is 8. The van der Waals surface area contributed by atoms with Crippen molar-refractivity contribution in [2.45, 2.75) is 26.3 Å². The number of morpholine rings is 1. The molecule has 2 heterocycles. The zero-order chi connectivity index (χ0) is 26.4. The number of hydrogen-bond donors (Lipinski definition) is 3. The van der Waals surface area contributed by atoms with Crippen molar-refractivity contribution in [3.8, 4) is 5.75 Å². The molecule has 11 heteroatoms. The van der Waals surface area contributed by atoms with Gasteiger partial charge in [0, 0.05) is 30.9 Å². The largest absolute Gasteiger partial charge is 0.494 e. The van der Waals surface area contributed by atoms with E-state index in [1.807, 2.05) is 38.1 Å². The smallest absolute Gasteiger partial charge is 0.229 e. The molecule has 10 nitrogen and oxygen atoms in total. The second-order valence-corrected chi connectivity index (χ2v) is 9.23. The van der Waals surface area contributed by atoms with Gasteiger partial charge in [0.2, 0.25) is 18.3 Å². The number of benzene rings is 1. The second kappa shape index (κ2) is 12.0. The number of fused-ring (bicyclic) bond motifs is 2. The van der Waals surface area contributed by atoms with Crippen LogP contribution in [0.5, 0.6) is 5.75 Å². The molecule has 1 saturated carbocycles. The number of carbonyl (C=O) groups excluding carboxylic acids is 2. The van der Waals surface area contributed by atoms with E-state index in [1.165, 1.54) is 0 Å². The molecule has 4 atom stereocenters. The first-order chi connectivity index (χ1) is 17.9. The van der Waals surface area contributed by atoms with Crippen LogP contribution in [-0.4, -0.2) is 66.1 Å².